The summed E-state index contributed by atoms with van der Waals surface area (Å²) in [6.07, 6.45) is 8.27. The smallest absolute Gasteiger partial charge is 0.407 e. The zero-order valence-corrected chi connectivity index (χ0v) is 32.4. The molecular formula is C41H58FN3O9. The van der Waals surface area contributed by atoms with Crippen LogP contribution in [0.5, 0.6) is 0 Å². The fourth-order valence-electron chi connectivity index (χ4n) is 9.10. The highest BCUT2D eigenvalue weighted by molar-refractivity contribution is 6.00. The number of rotatable bonds is 12. The number of carbonyl (C=O) groups is 4. The number of ether oxygens (including phenoxy) is 4. The zero-order valence-electron chi connectivity index (χ0n) is 32.4. The fourth-order valence-corrected chi connectivity index (χ4v) is 9.10. The van der Waals surface area contributed by atoms with E-state index in [2.05, 4.69) is 10.6 Å². The maximum Gasteiger partial charge on any atom is 0.407 e. The monoisotopic (exact) mass is 755 g/mol. The number of nitrogens with one attached hydrogen (secondary N) is 2. The van der Waals surface area contributed by atoms with Crippen molar-refractivity contribution >= 4 is 40.5 Å². The molecule has 54 heavy (non-hydrogen) atoms. The first-order valence-electron chi connectivity index (χ1n) is 19.8. The normalized spacial score (nSPS) is 29.3. The van der Waals surface area contributed by atoms with Crippen LogP contribution in [0.15, 0.2) is 28.7 Å². The van der Waals surface area contributed by atoms with Crippen molar-refractivity contribution in [2.24, 2.45) is 29.6 Å². The molecule has 0 spiro atoms. The number of methoxy groups -OCH3 is 2. The van der Waals surface area contributed by atoms with Crippen LogP contribution in [0.3, 0.4) is 0 Å². The van der Waals surface area contributed by atoms with E-state index in [1.807, 2.05) is 0 Å². The van der Waals surface area contributed by atoms with Crippen molar-refractivity contribution in [3.05, 3.63) is 30.0 Å². The molecule has 3 atom stereocenters. The number of hydrogen-bond acceptors (Lipinski definition) is 9. The summed E-state index contributed by atoms with van der Waals surface area (Å²) >= 11 is 0. The van der Waals surface area contributed by atoms with E-state index in [0.717, 1.165) is 44.9 Å². The summed E-state index contributed by atoms with van der Waals surface area (Å²) in [6, 6.07) is 5.54. The Bertz CT molecular complexity index is 1620. The Labute approximate surface area is 317 Å². The van der Waals surface area contributed by atoms with Gasteiger partial charge in [-0.3, -0.25) is 9.59 Å². The number of furan rings is 1. The summed E-state index contributed by atoms with van der Waals surface area (Å²) in [5.74, 6) is -0.520. The van der Waals surface area contributed by atoms with Gasteiger partial charge in [0, 0.05) is 37.8 Å². The molecule has 3 aliphatic carbocycles. The van der Waals surface area contributed by atoms with Crippen LogP contribution in [0.25, 0.3) is 11.0 Å². The lowest BCUT2D eigenvalue weighted by molar-refractivity contribution is -0.142. The van der Waals surface area contributed by atoms with Crippen LogP contribution in [0.4, 0.5) is 14.9 Å². The van der Waals surface area contributed by atoms with Crippen LogP contribution in [0, 0.1) is 29.6 Å². The van der Waals surface area contributed by atoms with Crippen molar-refractivity contribution in [2.45, 2.75) is 121 Å². The Morgan fingerprint density at radius 2 is 1.63 bits per heavy atom. The summed E-state index contributed by atoms with van der Waals surface area (Å²) in [6.45, 7) is 5.38. The van der Waals surface area contributed by atoms with E-state index in [1.54, 1.807) is 64.2 Å². The number of nitrogens with zero attached hydrogens (tertiary/aromatic N) is 1. The van der Waals surface area contributed by atoms with Crippen molar-refractivity contribution in [1.29, 1.82) is 0 Å². The third kappa shape index (κ3) is 9.56. The second kappa shape index (κ2) is 17.4. The molecule has 4 aliphatic rings. The molecule has 12 nitrogen and oxygen atoms in total. The topological polar surface area (TPSA) is 146 Å². The fraction of sp³-hybridized carbons (Fsp3) is 0.707. The lowest BCUT2D eigenvalue weighted by Crippen LogP contribution is -2.50. The second-order valence-corrected chi connectivity index (χ2v) is 16.9. The Morgan fingerprint density at radius 1 is 0.926 bits per heavy atom. The highest BCUT2D eigenvalue weighted by atomic mass is 19.1. The standard InChI is InChI=1S/C41H58FN3O9/c1-41(2,3)54-40(49)44-33(22-42)26-6-8-27(9-7-26)38(47)45-17-16-32(25-10-13-30(50-4)14-11-25)36(45)37(46)43-29-12-15-34-28(20-29)21-35(53-34)39(48)52-23-24-18-31(19-24)51-5/h12,15,20-21,24-27,30-33,36H,6-11,13-14,16-19,22-23H2,1-5H3,(H,43,46)(H,44,49)/t24?,25?,26-,27-,30?,31?,32-,33+,36-/m0/s1. The van der Waals surface area contributed by atoms with Crippen LogP contribution in [-0.4, -0.2) is 92.7 Å². The molecule has 0 radical (unpaired) electrons. The van der Waals surface area contributed by atoms with E-state index in [-0.39, 0.29) is 59.4 Å². The van der Waals surface area contributed by atoms with E-state index in [0.29, 0.717) is 55.5 Å². The molecule has 298 valence electrons. The van der Waals surface area contributed by atoms with E-state index < -0.39 is 36.4 Å². The number of carbonyl (C=O) groups excluding carboxylic acids is 4. The average Bonchev–Trinajstić information content (AvgIpc) is 3.77. The number of esters is 1. The lowest BCUT2D eigenvalue weighted by Gasteiger charge is -2.38. The second-order valence-electron chi connectivity index (χ2n) is 16.9. The minimum Gasteiger partial charge on any atom is -0.460 e. The molecule has 2 heterocycles. The molecule has 0 bridgehead atoms. The largest absolute Gasteiger partial charge is 0.460 e. The number of amides is 3. The van der Waals surface area contributed by atoms with E-state index in [9.17, 15) is 23.6 Å². The SMILES string of the molecule is COC1CCC([C@@H]2CCN(C(=O)[C@H]3CC[C@H]([C@@H](CF)NC(=O)OC(C)(C)C)CC3)[C@@H]2C(=O)Nc2ccc3oc(C(=O)OCC4CC(OC)C4)cc3c2)CC1. The van der Waals surface area contributed by atoms with E-state index in [4.69, 9.17) is 23.4 Å². The summed E-state index contributed by atoms with van der Waals surface area (Å²) in [5.41, 5.74) is 0.356. The van der Waals surface area contributed by atoms with E-state index >= 15 is 0 Å². The minimum absolute atomic E-state index is 0.00547. The molecule has 3 amide bonds. The van der Waals surface area contributed by atoms with E-state index in [1.165, 1.54) is 0 Å². The molecule has 4 fully saturated rings. The first-order chi connectivity index (χ1) is 25.8. The third-order valence-corrected chi connectivity index (χ3v) is 12.2. The number of alkyl halides is 1. The van der Waals surface area contributed by atoms with Gasteiger partial charge in [-0.2, -0.15) is 0 Å². The maximum atomic E-state index is 14.3. The lowest BCUT2D eigenvalue weighted by atomic mass is 9.75. The summed E-state index contributed by atoms with van der Waals surface area (Å²) in [5, 5.41) is 6.45. The molecule has 6 rings (SSSR count). The van der Waals surface area contributed by atoms with Crippen LogP contribution in [-0.2, 0) is 28.5 Å². The number of alkyl carbamates (subject to hydrolysis) is 1. The molecule has 13 heteroatoms. The molecule has 1 aromatic carbocycles. The first kappa shape index (κ1) is 40.0. The summed E-state index contributed by atoms with van der Waals surface area (Å²) in [4.78, 5) is 55.5. The maximum absolute atomic E-state index is 14.3. The van der Waals surface area contributed by atoms with Crippen molar-refractivity contribution in [3.8, 4) is 0 Å². The van der Waals surface area contributed by atoms with Crippen molar-refractivity contribution in [2.75, 3.05) is 39.4 Å². The number of anilines is 1. The van der Waals surface area contributed by atoms with Gasteiger partial charge in [0.2, 0.25) is 17.6 Å². The van der Waals surface area contributed by atoms with Crippen LogP contribution >= 0.6 is 0 Å². The van der Waals surface area contributed by atoms with Crippen LogP contribution in [0.1, 0.15) is 102 Å². The molecule has 1 aliphatic heterocycles. The van der Waals surface area contributed by atoms with Gasteiger partial charge in [-0.1, -0.05) is 0 Å². The van der Waals surface area contributed by atoms with Crippen LogP contribution < -0.4 is 10.6 Å². The van der Waals surface area contributed by atoms with Gasteiger partial charge in [0.1, 0.15) is 23.9 Å². The third-order valence-electron chi connectivity index (χ3n) is 12.2. The molecular weight excluding hydrogens is 697 g/mol. The molecule has 3 saturated carbocycles. The van der Waals surface area contributed by atoms with Crippen molar-refractivity contribution in [1.82, 2.24) is 10.2 Å². The highest BCUT2D eigenvalue weighted by Gasteiger charge is 2.47. The number of benzene rings is 1. The van der Waals surface area contributed by atoms with Crippen molar-refractivity contribution < 1.29 is 46.9 Å². The predicted molar refractivity (Wildman–Crippen MR) is 200 cm³/mol. The van der Waals surface area contributed by atoms with Gasteiger partial charge in [0.25, 0.3) is 0 Å². The van der Waals surface area contributed by atoms with Gasteiger partial charge in [0.15, 0.2) is 0 Å². The molecule has 0 unspecified atom stereocenters. The number of likely N-dealkylation sites (tertiary alicyclic amines) is 1. The number of fused-ring (bicyclic) bond motifs is 1. The van der Waals surface area contributed by atoms with Gasteiger partial charge in [-0.05, 0) is 139 Å². The van der Waals surface area contributed by atoms with Gasteiger partial charge >= 0.3 is 12.1 Å². The number of hydrogen-bond donors (Lipinski definition) is 2. The molecule has 1 saturated heterocycles. The summed E-state index contributed by atoms with van der Waals surface area (Å²) in [7, 11) is 3.42. The Kier molecular flexibility index (Phi) is 12.9. The van der Waals surface area contributed by atoms with Gasteiger partial charge < -0.3 is 38.9 Å². The molecule has 1 aromatic heterocycles. The zero-order chi connectivity index (χ0) is 38.6. The minimum atomic E-state index is -0.712. The van der Waals surface area contributed by atoms with Gasteiger partial charge in [0.05, 0.1) is 24.9 Å². The summed E-state index contributed by atoms with van der Waals surface area (Å²) < 4.78 is 41.7. The Balaban J connectivity index is 1.11. The molecule has 2 aromatic rings. The Morgan fingerprint density at radius 3 is 2.28 bits per heavy atom. The van der Waals surface area contributed by atoms with Crippen LogP contribution in [0.2, 0.25) is 0 Å². The predicted octanol–water partition coefficient (Wildman–Crippen LogP) is 7.04. The van der Waals surface area contributed by atoms with Gasteiger partial charge in [-0.15, -0.1) is 0 Å². The first-order valence-corrected chi connectivity index (χ1v) is 19.8. The van der Waals surface area contributed by atoms with Gasteiger partial charge in [-0.25, -0.2) is 14.0 Å². The molecule has 2 N–H and O–H groups in total. The quantitative estimate of drug-likeness (QED) is 0.218. The average molecular weight is 756 g/mol. The highest BCUT2D eigenvalue weighted by Crippen LogP contribution is 2.42. The Hall–Kier alpha value is -3.71. The van der Waals surface area contributed by atoms with Crippen molar-refractivity contribution in [3.63, 3.8) is 0 Å². The number of halogens is 1.